The normalized spacial score (nSPS) is 10.3. The van der Waals surface area contributed by atoms with Crippen molar-refractivity contribution in [1.29, 1.82) is 0 Å². The van der Waals surface area contributed by atoms with Crippen molar-refractivity contribution in [3.63, 3.8) is 0 Å². The second-order valence-corrected chi connectivity index (χ2v) is 3.72. The lowest BCUT2D eigenvalue weighted by atomic mass is 10.1. The number of methoxy groups -OCH3 is 2. The largest absolute Gasteiger partial charge is 0.496 e. The van der Waals surface area contributed by atoms with E-state index in [-0.39, 0.29) is 12.4 Å². The minimum atomic E-state index is -0.360. The molecule has 1 aromatic heterocycles. The van der Waals surface area contributed by atoms with Crippen LogP contribution in [0.4, 0.5) is 0 Å². The van der Waals surface area contributed by atoms with Crippen molar-refractivity contribution < 1.29 is 23.5 Å². The van der Waals surface area contributed by atoms with E-state index in [1.165, 1.54) is 20.5 Å². The van der Waals surface area contributed by atoms with E-state index in [9.17, 15) is 9.59 Å². The molecule has 0 aliphatic carbocycles. The van der Waals surface area contributed by atoms with E-state index in [1.54, 1.807) is 12.1 Å². The Hall–Kier alpha value is -2.30. The fourth-order valence-electron chi connectivity index (χ4n) is 1.76. The SMILES string of the molecule is COC(=O)Cc1coc2cc(OC)c(C=O)cc12. The highest BCUT2D eigenvalue weighted by Gasteiger charge is 2.14. The zero-order valence-electron chi connectivity index (χ0n) is 10.1. The molecule has 0 saturated heterocycles. The zero-order valence-corrected chi connectivity index (χ0v) is 10.1. The number of ether oxygens (including phenoxy) is 2. The lowest BCUT2D eigenvalue weighted by Gasteiger charge is -2.03. The summed E-state index contributed by atoms with van der Waals surface area (Å²) in [5.41, 5.74) is 1.66. The Kier molecular flexibility index (Phi) is 3.32. The Morgan fingerprint density at radius 1 is 1.39 bits per heavy atom. The van der Waals surface area contributed by atoms with Gasteiger partial charge in [0, 0.05) is 17.0 Å². The van der Waals surface area contributed by atoms with Crippen molar-refractivity contribution >= 4 is 23.2 Å². The van der Waals surface area contributed by atoms with Crippen molar-refractivity contribution in [2.24, 2.45) is 0 Å². The molecule has 0 atom stereocenters. The second kappa shape index (κ2) is 4.91. The van der Waals surface area contributed by atoms with Gasteiger partial charge in [-0.2, -0.15) is 0 Å². The van der Waals surface area contributed by atoms with E-state index in [1.807, 2.05) is 0 Å². The summed E-state index contributed by atoms with van der Waals surface area (Å²) in [7, 11) is 2.80. The number of fused-ring (bicyclic) bond motifs is 1. The Labute approximate surface area is 103 Å². The topological polar surface area (TPSA) is 65.7 Å². The summed E-state index contributed by atoms with van der Waals surface area (Å²) < 4.78 is 15.0. The fourth-order valence-corrected chi connectivity index (χ4v) is 1.76. The third-order valence-corrected chi connectivity index (χ3v) is 2.70. The minimum absolute atomic E-state index is 0.105. The average molecular weight is 248 g/mol. The van der Waals surface area contributed by atoms with Gasteiger partial charge >= 0.3 is 5.97 Å². The van der Waals surface area contributed by atoms with Crippen LogP contribution < -0.4 is 4.74 Å². The number of esters is 1. The van der Waals surface area contributed by atoms with Crippen LogP contribution in [-0.2, 0) is 16.0 Å². The fraction of sp³-hybridized carbons (Fsp3) is 0.231. The minimum Gasteiger partial charge on any atom is -0.496 e. The zero-order chi connectivity index (χ0) is 13.1. The van der Waals surface area contributed by atoms with Crippen LogP contribution in [0.3, 0.4) is 0 Å². The van der Waals surface area contributed by atoms with Gasteiger partial charge in [0.2, 0.25) is 0 Å². The van der Waals surface area contributed by atoms with Crippen LogP contribution in [0.2, 0.25) is 0 Å². The Balaban J connectivity index is 2.51. The molecule has 0 aliphatic rings. The van der Waals surface area contributed by atoms with E-state index in [0.29, 0.717) is 34.1 Å². The van der Waals surface area contributed by atoms with Crippen LogP contribution in [0.25, 0.3) is 11.0 Å². The molecular weight excluding hydrogens is 236 g/mol. The standard InChI is InChI=1S/C13H12O5/c1-16-11-5-12-10(3-8(11)6-14)9(7-18-12)4-13(15)17-2/h3,5-7H,4H2,1-2H3. The summed E-state index contributed by atoms with van der Waals surface area (Å²) in [6.45, 7) is 0. The van der Waals surface area contributed by atoms with Crippen molar-refractivity contribution in [1.82, 2.24) is 0 Å². The molecule has 0 N–H and O–H groups in total. The van der Waals surface area contributed by atoms with Crippen LogP contribution in [0.1, 0.15) is 15.9 Å². The van der Waals surface area contributed by atoms with Gasteiger partial charge in [-0.05, 0) is 6.07 Å². The quantitative estimate of drug-likeness (QED) is 0.611. The Bertz CT molecular complexity index is 597. The van der Waals surface area contributed by atoms with Crippen LogP contribution in [0, 0.1) is 0 Å². The second-order valence-electron chi connectivity index (χ2n) is 3.72. The first-order chi connectivity index (χ1) is 8.69. The van der Waals surface area contributed by atoms with Crippen LogP contribution >= 0.6 is 0 Å². The lowest BCUT2D eigenvalue weighted by molar-refractivity contribution is -0.139. The van der Waals surface area contributed by atoms with Gasteiger partial charge in [0.15, 0.2) is 6.29 Å². The van der Waals surface area contributed by atoms with E-state index >= 15 is 0 Å². The van der Waals surface area contributed by atoms with Gasteiger partial charge in [0.1, 0.15) is 11.3 Å². The summed E-state index contributed by atoms with van der Waals surface area (Å²) in [6.07, 6.45) is 2.29. The molecule has 0 fully saturated rings. The summed E-state index contributed by atoms with van der Waals surface area (Å²) in [4.78, 5) is 22.2. The molecule has 94 valence electrons. The van der Waals surface area contributed by atoms with Gasteiger partial charge in [-0.1, -0.05) is 0 Å². The average Bonchev–Trinajstić information content (AvgIpc) is 2.79. The number of furan rings is 1. The van der Waals surface area contributed by atoms with E-state index in [0.717, 1.165) is 0 Å². The predicted molar refractivity (Wildman–Crippen MR) is 63.9 cm³/mol. The molecule has 0 spiro atoms. The van der Waals surface area contributed by atoms with E-state index in [4.69, 9.17) is 9.15 Å². The first-order valence-electron chi connectivity index (χ1n) is 5.29. The van der Waals surface area contributed by atoms with Gasteiger partial charge in [0.05, 0.1) is 32.5 Å². The van der Waals surface area contributed by atoms with Gasteiger partial charge in [-0.3, -0.25) is 9.59 Å². The highest BCUT2D eigenvalue weighted by Crippen LogP contribution is 2.29. The summed E-state index contributed by atoms with van der Waals surface area (Å²) in [5, 5.41) is 0.711. The van der Waals surface area contributed by atoms with Gasteiger partial charge < -0.3 is 13.9 Å². The molecule has 0 bridgehead atoms. The molecular formula is C13H12O5. The predicted octanol–water partition coefficient (Wildman–Crippen LogP) is 1.97. The molecule has 5 nitrogen and oxygen atoms in total. The first-order valence-corrected chi connectivity index (χ1v) is 5.29. The van der Waals surface area contributed by atoms with Crippen molar-refractivity contribution in [2.75, 3.05) is 14.2 Å². The van der Waals surface area contributed by atoms with Crippen LogP contribution in [0.5, 0.6) is 5.75 Å². The number of hydrogen-bond acceptors (Lipinski definition) is 5. The van der Waals surface area contributed by atoms with E-state index < -0.39 is 0 Å². The van der Waals surface area contributed by atoms with Crippen LogP contribution in [0.15, 0.2) is 22.8 Å². The maximum atomic E-state index is 11.2. The molecule has 2 aromatic rings. The number of rotatable bonds is 4. The molecule has 0 radical (unpaired) electrons. The molecule has 1 aromatic carbocycles. The molecule has 0 saturated carbocycles. The summed E-state index contributed by atoms with van der Waals surface area (Å²) in [6, 6.07) is 3.27. The van der Waals surface area contributed by atoms with Gasteiger partial charge in [-0.25, -0.2) is 0 Å². The molecule has 2 rings (SSSR count). The Morgan fingerprint density at radius 3 is 2.78 bits per heavy atom. The molecule has 5 heteroatoms. The van der Waals surface area contributed by atoms with Gasteiger partial charge in [0.25, 0.3) is 0 Å². The number of carbonyl (C=O) groups excluding carboxylic acids is 2. The molecule has 0 aliphatic heterocycles. The van der Waals surface area contributed by atoms with Crippen molar-refractivity contribution in [3.05, 3.63) is 29.5 Å². The molecule has 1 heterocycles. The monoisotopic (exact) mass is 248 g/mol. The number of benzene rings is 1. The third-order valence-electron chi connectivity index (χ3n) is 2.70. The highest BCUT2D eigenvalue weighted by molar-refractivity contribution is 5.93. The third kappa shape index (κ3) is 2.07. The Morgan fingerprint density at radius 2 is 2.17 bits per heavy atom. The smallest absolute Gasteiger partial charge is 0.310 e. The lowest BCUT2D eigenvalue weighted by Crippen LogP contribution is -2.03. The van der Waals surface area contributed by atoms with Crippen molar-refractivity contribution in [3.8, 4) is 5.75 Å². The van der Waals surface area contributed by atoms with E-state index in [2.05, 4.69) is 4.74 Å². The van der Waals surface area contributed by atoms with Crippen LogP contribution in [-0.4, -0.2) is 26.5 Å². The maximum Gasteiger partial charge on any atom is 0.310 e. The van der Waals surface area contributed by atoms with Gasteiger partial charge in [-0.15, -0.1) is 0 Å². The maximum absolute atomic E-state index is 11.2. The first kappa shape index (κ1) is 12.2. The number of hydrogen-bond donors (Lipinski definition) is 0. The molecule has 0 amide bonds. The number of aldehydes is 1. The van der Waals surface area contributed by atoms with Crippen molar-refractivity contribution in [2.45, 2.75) is 6.42 Å². The summed E-state index contributed by atoms with van der Waals surface area (Å²) in [5.74, 6) is 0.0811. The molecule has 18 heavy (non-hydrogen) atoms. The number of carbonyl (C=O) groups is 2. The summed E-state index contributed by atoms with van der Waals surface area (Å²) >= 11 is 0. The molecule has 0 unspecified atom stereocenters. The highest BCUT2D eigenvalue weighted by atomic mass is 16.5.